The Labute approximate surface area is 395 Å². The molecule has 0 saturated carbocycles. The van der Waals surface area contributed by atoms with E-state index in [0.717, 1.165) is 122 Å². The van der Waals surface area contributed by atoms with Crippen LogP contribution in [0.4, 0.5) is 0 Å². The van der Waals surface area contributed by atoms with Crippen molar-refractivity contribution in [3.05, 3.63) is 85.1 Å². The second kappa shape index (κ2) is 52.2. The molecular weight excluding hydrogens is 793 g/mol. The van der Waals surface area contributed by atoms with Gasteiger partial charge in [0.25, 0.3) is 0 Å². The van der Waals surface area contributed by atoms with Crippen molar-refractivity contribution in [1.82, 2.24) is 0 Å². The third-order valence-corrected chi connectivity index (χ3v) is 11.1. The van der Waals surface area contributed by atoms with Crippen molar-refractivity contribution in [1.29, 1.82) is 0 Å². The van der Waals surface area contributed by atoms with E-state index in [1.165, 1.54) is 83.5 Å². The summed E-state index contributed by atoms with van der Waals surface area (Å²) in [5.74, 6) is -0.920. The second-order valence-electron chi connectivity index (χ2n) is 17.4. The minimum Gasteiger partial charge on any atom is -0.462 e. The summed E-state index contributed by atoms with van der Waals surface area (Å²) in [6.45, 7) is 6.39. The van der Waals surface area contributed by atoms with Gasteiger partial charge >= 0.3 is 17.9 Å². The zero-order valence-electron chi connectivity index (χ0n) is 41.8. The molecule has 0 aromatic heterocycles. The lowest BCUT2D eigenvalue weighted by molar-refractivity contribution is -0.167. The van der Waals surface area contributed by atoms with Gasteiger partial charge in [-0.15, -0.1) is 0 Å². The topological polar surface area (TPSA) is 78.9 Å². The Kier molecular flexibility index (Phi) is 49.4. The van der Waals surface area contributed by atoms with E-state index >= 15 is 0 Å². The van der Waals surface area contributed by atoms with Gasteiger partial charge in [0, 0.05) is 19.3 Å². The number of ether oxygens (including phenoxy) is 3. The Balaban J connectivity index is 4.43. The van der Waals surface area contributed by atoms with E-state index in [0.29, 0.717) is 19.3 Å². The molecule has 6 nitrogen and oxygen atoms in total. The normalized spacial score (nSPS) is 12.7. The highest BCUT2D eigenvalue weighted by Gasteiger charge is 2.19. The molecule has 64 heavy (non-hydrogen) atoms. The molecule has 0 radical (unpaired) electrons. The quantitative estimate of drug-likeness (QED) is 0.0262. The van der Waals surface area contributed by atoms with Crippen LogP contribution in [0.5, 0.6) is 0 Å². The largest absolute Gasteiger partial charge is 0.462 e. The van der Waals surface area contributed by atoms with Gasteiger partial charge in [-0.1, -0.05) is 221 Å². The lowest BCUT2D eigenvalue weighted by atomic mass is 10.0. The highest BCUT2D eigenvalue weighted by Crippen LogP contribution is 2.15. The molecule has 0 saturated heterocycles. The first kappa shape index (κ1) is 60.6. The Bertz CT molecular complexity index is 1250. The van der Waals surface area contributed by atoms with Crippen molar-refractivity contribution in [2.75, 3.05) is 13.2 Å². The number of hydrogen-bond donors (Lipinski definition) is 0. The number of carbonyl (C=O) groups excluding carboxylic acids is 3. The van der Waals surface area contributed by atoms with Crippen LogP contribution in [0.2, 0.25) is 0 Å². The van der Waals surface area contributed by atoms with Crippen molar-refractivity contribution >= 4 is 17.9 Å². The first-order valence-corrected chi connectivity index (χ1v) is 26.6. The fourth-order valence-corrected chi connectivity index (χ4v) is 7.21. The Morgan fingerprint density at radius 1 is 0.328 bits per heavy atom. The van der Waals surface area contributed by atoms with Crippen LogP contribution in [0.15, 0.2) is 85.1 Å². The van der Waals surface area contributed by atoms with Crippen LogP contribution in [-0.2, 0) is 28.6 Å². The van der Waals surface area contributed by atoms with Crippen molar-refractivity contribution in [3.8, 4) is 0 Å². The number of rotatable bonds is 47. The van der Waals surface area contributed by atoms with Gasteiger partial charge in [-0.3, -0.25) is 14.4 Å². The molecule has 0 bridgehead atoms. The number of carbonyl (C=O) groups is 3. The summed E-state index contributed by atoms with van der Waals surface area (Å²) in [7, 11) is 0. The molecular formula is C58H98O6. The zero-order valence-corrected chi connectivity index (χ0v) is 41.8. The van der Waals surface area contributed by atoms with Gasteiger partial charge in [0.15, 0.2) is 6.10 Å². The molecule has 0 aliphatic rings. The minimum absolute atomic E-state index is 0.0874. The van der Waals surface area contributed by atoms with Gasteiger partial charge in [0.05, 0.1) is 0 Å². The number of unbranched alkanes of at least 4 members (excludes halogenated alkanes) is 22. The molecule has 6 heteroatoms. The minimum atomic E-state index is -0.790. The number of allylic oxidation sites excluding steroid dienone is 14. The molecule has 366 valence electrons. The van der Waals surface area contributed by atoms with Gasteiger partial charge in [0.1, 0.15) is 13.2 Å². The molecule has 0 heterocycles. The maximum Gasteiger partial charge on any atom is 0.306 e. The third-order valence-electron chi connectivity index (χ3n) is 11.1. The predicted octanol–water partition coefficient (Wildman–Crippen LogP) is 17.6. The van der Waals surface area contributed by atoms with Gasteiger partial charge in [-0.25, -0.2) is 0 Å². The van der Waals surface area contributed by atoms with E-state index in [4.69, 9.17) is 14.2 Å². The van der Waals surface area contributed by atoms with Crippen LogP contribution in [0, 0.1) is 0 Å². The zero-order chi connectivity index (χ0) is 46.5. The fraction of sp³-hybridized carbons (Fsp3) is 0.707. The van der Waals surface area contributed by atoms with E-state index in [-0.39, 0.29) is 31.1 Å². The van der Waals surface area contributed by atoms with Gasteiger partial charge in [0.2, 0.25) is 0 Å². The lowest BCUT2D eigenvalue weighted by Crippen LogP contribution is -2.30. The predicted molar refractivity (Wildman–Crippen MR) is 274 cm³/mol. The van der Waals surface area contributed by atoms with Crippen molar-refractivity contribution in [2.45, 2.75) is 252 Å². The summed E-state index contributed by atoms with van der Waals surface area (Å²) >= 11 is 0. The van der Waals surface area contributed by atoms with E-state index < -0.39 is 6.10 Å². The monoisotopic (exact) mass is 891 g/mol. The van der Waals surface area contributed by atoms with Crippen LogP contribution >= 0.6 is 0 Å². The second-order valence-corrected chi connectivity index (χ2v) is 17.4. The molecule has 0 rings (SSSR count). The molecule has 0 aliphatic heterocycles. The van der Waals surface area contributed by atoms with E-state index in [2.05, 4.69) is 106 Å². The Hall–Kier alpha value is -3.41. The van der Waals surface area contributed by atoms with Gasteiger partial charge in [-0.05, 0) is 89.9 Å². The first-order chi connectivity index (χ1) is 31.5. The average Bonchev–Trinajstić information content (AvgIpc) is 3.29. The Morgan fingerprint density at radius 2 is 0.609 bits per heavy atom. The fourth-order valence-electron chi connectivity index (χ4n) is 7.21. The maximum atomic E-state index is 12.8. The summed E-state index contributed by atoms with van der Waals surface area (Å²) in [4.78, 5) is 38.0. The standard InChI is InChI=1S/C58H98O6/c1-4-7-10-13-16-19-22-25-27-29-31-33-36-39-42-45-48-51-57(60)63-54-55(53-62-56(59)50-47-44-41-38-35-24-21-18-15-12-9-6-3)64-58(61)52-49-46-43-40-37-34-32-30-28-26-23-20-17-14-11-8-5-2/h7-8,10-11,16-17,19-20,25-28,31,33,55H,4-6,9,12-15,18,21-24,29-30,32,34-54H2,1-3H3/b10-7-,11-8-,19-16-,20-17-,27-25-,28-26-,33-31-. The van der Waals surface area contributed by atoms with Crippen molar-refractivity contribution < 1.29 is 28.6 Å². The van der Waals surface area contributed by atoms with Crippen LogP contribution in [0.3, 0.4) is 0 Å². The SMILES string of the molecule is CC/C=C\C/C=C\C/C=C\C/C=C\CCCCCCC(=O)OCC(COC(=O)CCCCCCCCCCCCCC)OC(=O)CCCCCCCCC/C=C\C/C=C\C/C=C\CC. The van der Waals surface area contributed by atoms with Crippen LogP contribution in [0.25, 0.3) is 0 Å². The summed E-state index contributed by atoms with van der Waals surface area (Å²) in [5.41, 5.74) is 0. The van der Waals surface area contributed by atoms with Crippen LogP contribution < -0.4 is 0 Å². The average molecular weight is 891 g/mol. The van der Waals surface area contributed by atoms with Crippen LogP contribution in [-0.4, -0.2) is 37.2 Å². The van der Waals surface area contributed by atoms with Crippen molar-refractivity contribution in [3.63, 3.8) is 0 Å². The number of hydrogen-bond acceptors (Lipinski definition) is 6. The maximum absolute atomic E-state index is 12.8. The molecule has 0 spiro atoms. The van der Waals surface area contributed by atoms with Crippen LogP contribution in [0.1, 0.15) is 245 Å². The van der Waals surface area contributed by atoms with Gasteiger partial charge < -0.3 is 14.2 Å². The molecule has 1 unspecified atom stereocenters. The van der Waals surface area contributed by atoms with Crippen molar-refractivity contribution in [2.24, 2.45) is 0 Å². The summed E-state index contributed by atoms with van der Waals surface area (Å²) < 4.78 is 16.8. The lowest BCUT2D eigenvalue weighted by Gasteiger charge is -2.18. The summed E-state index contributed by atoms with van der Waals surface area (Å²) in [5, 5.41) is 0. The summed E-state index contributed by atoms with van der Waals surface area (Å²) in [6.07, 6.45) is 67.0. The van der Waals surface area contributed by atoms with E-state index in [1.807, 2.05) is 0 Å². The smallest absolute Gasteiger partial charge is 0.306 e. The first-order valence-electron chi connectivity index (χ1n) is 26.6. The van der Waals surface area contributed by atoms with E-state index in [9.17, 15) is 14.4 Å². The Morgan fingerprint density at radius 3 is 0.953 bits per heavy atom. The molecule has 0 aliphatic carbocycles. The summed E-state index contributed by atoms with van der Waals surface area (Å²) in [6, 6.07) is 0. The molecule has 0 aromatic carbocycles. The highest BCUT2D eigenvalue weighted by atomic mass is 16.6. The molecule has 0 amide bonds. The third kappa shape index (κ3) is 49.6. The molecule has 0 N–H and O–H groups in total. The number of esters is 3. The van der Waals surface area contributed by atoms with Gasteiger partial charge in [-0.2, -0.15) is 0 Å². The molecule has 0 fully saturated rings. The molecule has 1 atom stereocenters. The highest BCUT2D eigenvalue weighted by molar-refractivity contribution is 5.71. The van der Waals surface area contributed by atoms with E-state index in [1.54, 1.807) is 0 Å². The molecule has 0 aromatic rings.